The highest BCUT2D eigenvalue weighted by Crippen LogP contribution is 2.71. The predicted octanol–water partition coefficient (Wildman–Crippen LogP) is 0.593. The van der Waals surface area contributed by atoms with Crippen molar-refractivity contribution in [2.24, 2.45) is 34.5 Å². The van der Waals surface area contributed by atoms with E-state index >= 15 is 0 Å². The summed E-state index contributed by atoms with van der Waals surface area (Å²) in [6.45, 7) is 7.48. The molecular formula is C21H29BO6. The average Bonchev–Trinajstić information content (AvgIpc) is 3.10. The number of fused-ring (bicyclic) bond motifs is 3. The van der Waals surface area contributed by atoms with Crippen LogP contribution in [0.5, 0.6) is 0 Å². The molecule has 0 aliphatic heterocycles. The van der Waals surface area contributed by atoms with Crippen molar-refractivity contribution in [3.05, 3.63) is 23.3 Å². The Kier molecular flexibility index (Phi) is 4.12. The molecular weight excluding hydrogens is 359 g/mol. The molecule has 8 unspecified atom stereocenters. The summed E-state index contributed by atoms with van der Waals surface area (Å²) >= 11 is 0. The van der Waals surface area contributed by atoms with Crippen LogP contribution in [0.2, 0.25) is 0 Å². The van der Waals surface area contributed by atoms with Crippen molar-refractivity contribution in [1.29, 1.82) is 0 Å². The van der Waals surface area contributed by atoms with Gasteiger partial charge in [0.2, 0.25) is 13.7 Å². The van der Waals surface area contributed by atoms with Crippen LogP contribution in [0.1, 0.15) is 34.1 Å². The van der Waals surface area contributed by atoms with Gasteiger partial charge in [0.25, 0.3) is 0 Å². The maximum absolute atomic E-state index is 14.0. The zero-order chi connectivity index (χ0) is 20.8. The van der Waals surface area contributed by atoms with Crippen LogP contribution in [-0.4, -0.2) is 59.2 Å². The first-order valence-corrected chi connectivity index (χ1v) is 10.1. The van der Waals surface area contributed by atoms with Crippen LogP contribution in [-0.2, 0) is 9.53 Å². The highest BCUT2D eigenvalue weighted by Gasteiger charge is 2.76. The molecule has 8 atom stereocenters. The number of hydrogen-bond donors (Lipinski definition) is 3. The summed E-state index contributed by atoms with van der Waals surface area (Å²) in [6, 6.07) is 0. The van der Waals surface area contributed by atoms with Crippen molar-refractivity contribution in [2.75, 3.05) is 6.61 Å². The molecule has 7 heteroatoms. The summed E-state index contributed by atoms with van der Waals surface area (Å²) in [6.07, 6.45) is 1.50. The monoisotopic (exact) mass is 388 g/mol. The van der Waals surface area contributed by atoms with Crippen LogP contribution in [0.3, 0.4) is 0 Å². The van der Waals surface area contributed by atoms with Crippen LogP contribution in [0.15, 0.2) is 23.3 Å². The Bertz CT molecular complexity index is 816. The van der Waals surface area contributed by atoms with Gasteiger partial charge >= 0.3 is 0 Å². The number of Topliss-reactive ketones (excluding diaryl/α,β-unsaturated/α-hetero) is 1. The molecule has 28 heavy (non-hydrogen) atoms. The number of carbonyl (C=O) groups excluding carboxylic acids is 2. The third-order valence-electron chi connectivity index (χ3n) is 8.18. The van der Waals surface area contributed by atoms with E-state index in [9.17, 15) is 24.9 Å². The average molecular weight is 388 g/mol. The van der Waals surface area contributed by atoms with Crippen molar-refractivity contribution in [3.8, 4) is 0 Å². The zero-order valence-corrected chi connectivity index (χ0v) is 17.1. The van der Waals surface area contributed by atoms with E-state index in [2.05, 4.69) is 13.8 Å². The topological polar surface area (TPSA) is 104 Å². The van der Waals surface area contributed by atoms with E-state index in [1.807, 2.05) is 6.92 Å². The molecule has 0 radical (unpaired) electrons. The third kappa shape index (κ3) is 2.10. The molecule has 152 valence electrons. The van der Waals surface area contributed by atoms with E-state index in [0.29, 0.717) is 11.5 Å². The van der Waals surface area contributed by atoms with Gasteiger partial charge in [-0.2, -0.15) is 0 Å². The number of aliphatic hydroxyl groups excluding tert-OH is 2. The molecule has 3 N–H and O–H groups in total. The Hall–Kier alpha value is -1.44. The minimum atomic E-state index is -2.04. The lowest BCUT2D eigenvalue weighted by atomic mass is 9.59. The van der Waals surface area contributed by atoms with Gasteiger partial charge in [-0.1, -0.05) is 32.9 Å². The van der Waals surface area contributed by atoms with Crippen LogP contribution < -0.4 is 0 Å². The fraction of sp³-hybridized carbons (Fsp3) is 0.714. The highest BCUT2D eigenvalue weighted by molar-refractivity contribution is 6.55. The van der Waals surface area contributed by atoms with Crippen LogP contribution >= 0.6 is 0 Å². The quantitative estimate of drug-likeness (QED) is 0.473. The summed E-state index contributed by atoms with van der Waals surface area (Å²) in [7, 11) is 1.24. The number of rotatable bonds is 2. The molecule has 1 spiro atoms. The SMILES string of the molecule is BC(=O)OC1C(C)=CC23C(=O)C(C=C(CO)C(O)C12O)C1C(CC3C)C1(C)C. The van der Waals surface area contributed by atoms with Crippen molar-refractivity contribution in [2.45, 2.75) is 51.9 Å². The van der Waals surface area contributed by atoms with Gasteiger partial charge in [-0.05, 0) is 47.7 Å². The van der Waals surface area contributed by atoms with E-state index < -0.39 is 41.6 Å². The number of aliphatic hydroxyl groups is 3. The molecule has 2 fully saturated rings. The normalized spacial score (nSPS) is 48.5. The van der Waals surface area contributed by atoms with E-state index in [4.69, 9.17) is 4.74 Å². The maximum atomic E-state index is 14.0. The lowest BCUT2D eigenvalue weighted by molar-refractivity contribution is -0.188. The minimum absolute atomic E-state index is 0.00663. The zero-order valence-electron chi connectivity index (χ0n) is 17.1. The van der Waals surface area contributed by atoms with E-state index in [0.717, 1.165) is 6.42 Å². The molecule has 0 heterocycles. The fourth-order valence-electron chi connectivity index (χ4n) is 6.76. The molecule has 2 bridgehead atoms. The van der Waals surface area contributed by atoms with Crippen molar-refractivity contribution in [3.63, 3.8) is 0 Å². The number of hydrogen-bond acceptors (Lipinski definition) is 6. The molecule has 0 aromatic carbocycles. The number of allylic oxidation sites excluding steroid dienone is 1. The molecule has 6 nitrogen and oxygen atoms in total. The third-order valence-corrected chi connectivity index (χ3v) is 8.18. The summed E-state index contributed by atoms with van der Waals surface area (Å²) in [4.78, 5) is 25.8. The van der Waals surface area contributed by atoms with Crippen molar-refractivity contribution >= 4 is 19.5 Å². The van der Waals surface area contributed by atoms with Gasteiger partial charge in [-0.25, -0.2) is 0 Å². The fourth-order valence-corrected chi connectivity index (χ4v) is 6.76. The largest absolute Gasteiger partial charge is 0.463 e. The Balaban J connectivity index is 1.97. The van der Waals surface area contributed by atoms with E-state index in [1.165, 1.54) is 7.85 Å². The molecule has 0 amide bonds. The van der Waals surface area contributed by atoms with Gasteiger partial charge in [-0.15, -0.1) is 0 Å². The van der Waals surface area contributed by atoms with Crippen LogP contribution in [0.4, 0.5) is 4.79 Å². The van der Waals surface area contributed by atoms with Gasteiger partial charge in [0, 0.05) is 5.92 Å². The Morgan fingerprint density at radius 2 is 2.04 bits per heavy atom. The second-order valence-corrected chi connectivity index (χ2v) is 9.85. The molecule has 2 saturated carbocycles. The number of ether oxygens (including phenoxy) is 1. The second-order valence-electron chi connectivity index (χ2n) is 9.85. The van der Waals surface area contributed by atoms with E-state index in [1.54, 1.807) is 19.1 Å². The summed E-state index contributed by atoms with van der Waals surface area (Å²) in [5.41, 5.74) is -2.63. The standard InChI is InChI=1S/C21H29BO6/c1-9-7-20-10(2)5-13-14(19(13,3)4)12(16(20)25)6-11(8-23)15(24)21(20,27)17(9)28-18(22)26/h6-7,10,12-15,17,23-24,27H,5,8,22H2,1-4H3. The van der Waals surface area contributed by atoms with Gasteiger partial charge < -0.3 is 20.1 Å². The molecule has 0 saturated heterocycles. The minimum Gasteiger partial charge on any atom is -0.463 e. The van der Waals surface area contributed by atoms with Gasteiger partial charge in [0.15, 0.2) is 17.5 Å². The van der Waals surface area contributed by atoms with Gasteiger partial charge in [0.05, 0.1) is 12.0 Å². The summed E-state index contributed by atoms with van der Waals surface area (Å²) in [5, 5.41) is 33.2. The highest BCUT2D eigenvalue weighted by atomic mass is 16.6. The van der Waals surface area contributed by atoms with Gasteiger partial charge in [-0.3, -0.25) is 9.59 Å². The summed E-state index contributed by atoms with van der Waals surface area (Å²) in [5.74, 6) is -1.04. The predicted molar refractivity (Wildman–Crippen MR) is 104 cm³/mol. The lowest BCUT2D eigenvalue weighted by Crippen LogP contribution is -2.65. The Morgan fingerprint density at radius 3 is 2.61 bits per heavy atom. The van der Waals surface area contributed by atoms with Crippen LogP contribution in [0.25, 0.3) is 0 Å². The van der Waals surface area contributed by atoms with Gasteiger partial charge in [0.1, 0.15) is 6.10 Å². The van der Waals surface area contributed by atoms with Crippen LogP contribution in [0, 0.1) is 34.5 Å². The lowest BCUT2D eigenvalue weighted by Gasteiger charge is -2.48. The first kappa shape index (κ1) is 19.9. The molecule has 4 rings (SSSR count). The molecule has 4 aliphatic rings. The van der Waals surface area contributed by atoms with Crippen molar-refractivity contribution < 1.29 is 29.6 Å². The number of ketones is 1. The second kappa shape index (κ2) is 5.80. The van der Waals surface area contributed by atoms with Crippen molar-refractivity contribution in [1.82, 2.24) is 0 Å². The van der Waals surface area contributed by atoms with E-state index in [-0.39, 0.29) is 28.6 Å². The molecule has 0 aromatic rings. The first-order valence-electron chi connectivity index (χ1n) is 10.1. The Labute approximate surface area is 166 Å². The number of carbonyl (C=O) groups is 2. The molecule has 0 aromatic heterocycles. The maximum Gasteiger partial charge on any atom is 0.243 e. The molecule has 4 aliphatic carbocycles. The summed E-state index contributed by atoms with van der Waals surface area (Å²) < 4.78 is 5.44. The Morgan fingerprint density at radius 1 is 1.39 bits per heavy atom. The first-order chi connectivity index (χ1) is 12.9. The smallest absolute Gasteiger partial charge is 0.243 e.